The van der Waals surface area contributed by atoms with Crippen LogP contribution in [0.1, 0.15) is 178 Å². The third-order valence-corrected chi connectivity index (χ3v) is 23.6. The van der Waals surface area contributed by atoms with Crippen LogP contribution in [0.4, 0.5) is 57.1 Å². The highest BCUT2D eigenvalue weighted by molar-refractivity contribution is 14.1. The molecule has 0 N–H and O–H groups in total. The van der Waals surface area contributed by atoms with Gasteiger partial charge in [0.1, 0.15) is 80.0 Å². The Morgan fingerprint density at radius 3 is 0.846 bits per heavy atom. The van der Waals surface area contributed by atoms with Crippen molar-refractivity contribution in [3.05, 3.63) is 382 Å². The van der Waals surface area contributed by atoms with Crippen LogP contribution < -0.4 is 28.4 Å². The van der Waals surface area contributed by atoms with Crippen LogP contribution in [0.15, 0.2) is 229 Å². The van der Waals surface area contributed by atoms with Crippen molar-refractivity contribution in [3.63, 3.8) is 0 Å². The van der Waals surface area contributed by atoms with E-state index in [1.165, 1.54) is 109 Å². The number of rotatable bonds is 36. The van der Waals surface area contributed by atoms with E-state index < -0.39 is 56.3 Å². The zero-order valence-corrected chi connectivity index (χ0v) is 84.7. The Balaban J connectivity index is 0.000000233. The van der Waals surface area contributed by atoms with E-state index in [1.54, 1.807) is 157 Å². The van der Waals surface area contributed by atoms with Gasteiger partial charge >= 0.3 is 35.8 Å². The first-order chi connectivity index (χ1) is 68.1. The average Bonchev–Trinajstić information content (AvgIpc) is 0.833. The summed E-state index contributed by atoms with van der Waals surface area (Å²) in [5.41, 5.74) is 12.2. The van der Waals surface area contributed by atoms with Gasteiger partial charge in [-0.05, 0) is 218 Å². The molecule has 762 valence electrons. The molecule has 12 aromatic carbocycles. The van der Waals surface area contributed by atoms with Gasteiger partial charge in [0.05, 0.1) is 115 Å². The number of carbonyl (C=O) groups excluding carboxylic acids is 6. The van der Waals surface area contributed by atoms with E-state index in [1.807, 2.05) is 49.4 Å². The molecule has 0 spiro atoms. The lowest BCUT2D eigenvalue weighted by Gasteiger charge is -2.15. The summed E-state index contributed by atoms with van der Waals surface area (Å²) in [7, 11) is 7.83. The van der Waals surface area contributed by atoms with Crippen LogP contribution in [0.3, 0.4) is 0 Å². The second kappa shape index (κ2) is 59.1. The molecule has 0 aromatic heterocycles. The maximum atomic E-state index is 14.1. The van der Waals surface area contributed by atoms with Crippen LogP contribution in [-0.4, -0.2) is 78.5 Å². The van der Waals surface area contributed by atoms with E-state index in [9.17, 15) is 85.8 Å². The molecule has 0 aliphatic carbocycles. The van der Waals surface area contributed by atoms with Crippen molar-refractivity contribution in [2.45, 2.75) is 165 Å². The molecule has 0 saturated carbocycles. The van der Waals surface area contributed by atoms with Crippen molar-refractivity contribution >= 4 is 85.9 Å². The van der Waals surface area contributed by atoms with Crippen molar-refractivity contribution < 1.29 is 143 Å². The Hall–Kier alpha value is -13.2. The van der Waals surface area contributed by atoms with Crippen LogP contribution in [0, 0.1) is 57.9 Å². The highest BCUT2D eigenvalue weighted by atomic mass is 127. The highest BCUT2D eigenvalue weighted by Crippen LogP contribution is 2.39. The lowest BCUT2D eigenvalue weighted by Crippen LogP contribution is -2.10. The molecule has 0 radical (unpaired) electrons. The minimum Gasteiger partial charge on any atom is -0.488 e. The average molecular weight is 2190 g/mol. The monoisotopic (exact) mass is 2190 g/mol. The quantitative estimate of drug-likeness (QED) is 0.0154. The number of methoxy groups -OCH3 is 6. The van der Waals surface area contributed by atoms with E-state index in [2.05, 4.69) is 57.5 Å². The fraction of sp³-hybridized carbons (Fsp3) is 0.284. The first-order valence-electron chi connectivity index (χ1n) is 43.8. The number of ether oxygens (including phenoxy) is 12. The van der Waals surface area contributed by atoms with E-state index in [0.29, 0.717) is 27.3 Å². The van der Waals surface area contributed by atoms with E-state index in [0.717, 1.165) is 85.9 Å². The molecule has 18 nitrogen and oxygen atoms in total. The van der Waals surface area contributed by atoms with Gasteiger partial charge in [-0.15, -0.1) is 0 Å². The molecule has 0 unspecified atom stereocenters. The third kappa shape index (κ3) is 37.3. The van der Waals surface area contributed by atoms with Gasteiger partial charge < -0.3 is 56.8 Å². The van der Waals surface area contributed by atoms with Crippen molar-refractivity contribution in [3.8, 4) is 34.5 Å². The Labute approximate surface area is 848 Å². The van der Waals surface area contributed by atoms with Crippen LogP contribution in [0.2, 0.25) is 5.02 Å². The van der Waals surface area contributed by atoms with Gasteiger partial charge in [0.2, 0.25) is 0 Å². The SMILES string of the molecule is COC(=O)Cc1cccc(Br)c1COc1ccc(C)cc1C(F)F.COC(=O)Cc1cccc(C)c1COc1ccc(C)cc1C(F)F.COC(=O)Cc1cccc(Cl)c1COc1ccc(C)cc1C(F)F.COC(=O)Cc1cccc(F)c1COc1ccc(C)cc1C(F)F.COC(=O)Cc1cccc(I)c1COc1ccc(C)cc1C(F)F.COC(=O)Cc1ccccc1COc1ccc(C)cc1C(F)F. The van der Waals surface area contributed by atoms with Crippen LogP contribution in [0.5, 0.6) is 34.5 Å². The standard InChI is InChI=1S/C19H20F2O3.C18H17BrF2O3.C18H17ClF2O3.C18H17F3O3.C18H17F2IO3.C18H18F2O3/c1-12-7-8-17(15(9-12)19(20)21)24-11-16-13(2)5-4-6-14(16)10-18(22)23-3;3*1-11-6-7-16(13(8-11)18(20)21)24-10-14-12(9-17(22)23-2)4-3-5-15(14)19;1-11-6-7-16(13(8-11)18(19)20)24-10-14-12(9-17(22)23-2)4-3-5-15(14)21;1-12-7-8-16(15(9-12)18(19)20)23-11-14-6-4-3-5-13(14)10-17(21)22-2/h4-9,19H,10-11H2,1-3H3;4*3-8,18H,9-10H2,1-2H3;3-9,18H,10-11H2,1-2H3. The topological polar surface area (TPSA) is 213 Å². The Bertz CT molecular complexity index is 5540. The van der Waals surface area contributed by atoms with Gasteiger partial charge in [-0.1, -0.05) is 188 Å². The number of alkyl halides is 12. The van der Waals surface area contributed by atoms with Gasteiger partial charge in [0, 0.05) is 35.3 Å². The van der Waals surface area contributed by atoms with Crippen LogP contribution in [-0.2, 0) is 135 Å². The summed E-state index contributed by atoms with van der Waals surface area (Å²) in [6.45, 7) is 12.4. The lowest BCUT2D eigenvalue weighted by molar-refractivity contribution is -0.140. The van der Waals surface area contributed by atoms with Crippen LogP contribution >= 0.6 is 50.1 Å². The number of hydrogen-bond acceptors (Lipinski definition) is 18. The smallest absolute Gasteiger partial charge is 0.309 e. The molecule has 0 bridgehead atoms. The van der Waals surface area contributed by atoms with Gasteiger partial charge in [0.25, 0.3) is 38.6 Å². The minimum atomic E-state index is -2.70. The second-order valence-electron chi connectivity index (χ2n) is 31.8. The molecule has 0 atom stereocenters. The summed E-state index contributed by atoms with van der Waals surface area (Å²) in [5, 5.41) is 0.405. The van der Waals surface area contributed by atoms with Gasteiger partial charge in [0.15, 0.2) is 0 Å². The summed E-state index contributed by atoms with van der Waals surface area (Å²) >= 11 is 11.7. The minimum absolute atomic E-state index is 0.0112. The zero-order chi connectivity index (χ0) is 105. The molecule has 12 rings (SSSR count). The van der Waals surface area contributed by atoms with E-state index in [4.69, 9.17) is 49.5 Å². The molecule has 0 fully saturated rings. The maximum Gasteiger partial charge on any atom is 0.309 e. The van der Waals surface area contributed by atoms with E-state index >= 15 is 0 Å². The van der Waals surface area contributed by atoms with Gasteiger partial charge in [-0.25, -0.2) is 57.1 Å². The summed E-state index contributed by atoms with van der Waals surface area (Å²) < 4.78 is 235. The van der Waals surface area contributed by atoms with Crippen molar-refractivity contribution in [1.82, 2.24) is 0 Å². The number of carbonyl (C=O) groups is 6. The van der Waals surface area contributed by atoms with Gasteiger partial charge in [-0.3, -0.25) is 28.8 Å². The third-order valence-electron chi connectivity index (χ3n) is 21.5. The number of benzene rings is 12. The van der Waals surface area contributed by atoms with Crippen molar-refractivity contribution in [2.24, 2.45) is 0 Å². The summed E-state index contributed by atoms with van der Waals surface area (Å²) in [6, 6.07) is 60.7. The molecular weight excluding hydrogens is 2090 g/mol. The Kier molecular flexibility index (Phi) is 48.2. The number of aryl methyl sites for hydroxylation is 7. The fourth-order valence-corrected chi connectivity index (χ4v) is 15.3. The molecule has 143 heavy (non-hydrogen) atoms. The fourth-order valence-electron chi connectivity index (χ4n) is 13.8. The van der Waals surface area contributed by atoms with E-state index in [-0.39, 0.29) is 175 Å². The van der Waals surface area contributed by atoms with Crippen LogP contribution in [0.25, 0.3) is 0 Å². The molecule has 0 aliphatic rings. The molecule has 34 heteroatoms. The largest absolute Gasteiger partial charge is 0.488 e. The summed E-state index contributed by atoms with van der Waals surface area (Å²) in [5.74, 6) is -2.28. The molecule has 0 heterocycles. The lowest BCUT2D eigenvalue weighted by atomic mass is 10.00. The number of hydrogen-bond donors (Lipinski definition) is 0. The first-order valence-corrected chi connectivity index (χ1v) is 46.1. The normalized spacial score (nSPS) is 10.7. The summed E-state index contributed by atoms with van der Waals surface area (Å²) in [4.78, 5) is 68.9. The van der Waals surface area contributed by atoms with Gasteiger partial charge in [-0.2, -0.15) is 0 Å². The van der Waals surface area contributed by atoms with Crippen molar-refractivity contribution in [2.75, 3.05) is 42.7 Å². The highest BCUT2D eigenvalue weighted by Gasteiger charge is 2.26. The second-order valence-corrected chi connectivity index (χ2v) is 34.2. The maximum absolute atomic E-state index is 14.1. The predicted molar refractivity (Wildman–Crippen MR) is 526 cm³/mol. The Morgan fingerprint density at radius 1 is 0.273 bits per heavy atom. The molecule has 12 aromatic rings. The molecular formula is C109H106BrClF13IO18. The Morgan fingerprint density at radius 2 is 0.510 bits per heavy atom. The molecule has 0 aliphatic heterocycles. The van der Waals surface area contributed by atoms with Crippen molar-refractivity contribution in [1.29, 1.82) is 0 Å². The number of esters is 6. The molecule has 0 amide bonds. The number of halogens is 16. The zero-order valence-electron chi connectivity index (χ0n) is 80.2. The molecule has 0 saturated heterocycles. The predicted octanol–water partition coefficient (Wildman–Crippen LogP) is 27.8. The summed E-state index contributed by atoms with van der Waals surface area (Å²) in [6.07, 6.45) is -15.4. The first kappa shape index (κ1) is 117.